The van der Waals surface area contributed by atoms with Crippen molar-refractivity contribution in [2.75, 3.05) is 0 Å². The van der Waals surface area contributed by atoms with E-state index in [2.05, 4.69) is 20.7 Å². The number of hydrogen-bond donors (Lipinski definition) is 0. The summed E-state index contributed by atoms with van der Waals surface area (Å²) in [6.45, 7) is 0. The summed E-state index contributed by atoms with van der Waals surface area (Å²) in [6, 6.07) is -3.30. The summed E-state index contributed by atoms with van der Waals surface area (Å²) in [5, 5.41) is 11.2. The van der Waals surface area contributed by atoms with E-state index in [-0.39, 0.29) is 0 Å². The van der Waals surface area contributed by atoms with Gasteiger partial charge < -0.3 is 0 Å². The standard InChI is InChI=1S/C7H8N4O4/c12-8-4-2-1-3(6(4)10-14)7(11-15)5(2)9-13/h2-7H,1H2/t2?,3?,4-,5+,6+,7-. The van der Waals surface area contributed by atoms with Crippen molar-refractivity contribution < 1.29 is 0 Å². The molecule has 0 aromatic heterocycles. The highest BCUT2D eigenvalue weighted by atomic mass is 16.3. The molecule has 2 fully saturated rings. The molecule has 2 rings (SSSR count). The van der Waals surface area contributed by atoms with Gasteiger partial charge in [0.15, 0.2) is 0 Å². The van der Waals surface area contributed by atoms with Crippen LogP contribution in [-0.4, -0.2) is 24.2 Å². The maximum absolute atomic E-state index is 10.5. The lowest BCUT2D eigenvalue weighted by atomic mass is 9.84. The van der Waals surface area contributed by atoms with Crippen molar-refractivity contribution in [1.82, 2.24) is 0 Å². The lowest BCUT2D eigenvalue weighted by Gasteiger charge is -2.26. The van der Waals surface area contributed by atoms with Crippen LogP contribution in [0, 0.1) is 31.5 Å². The Kier molecular flexibility index (Phi) is 2.33. The number of nitrogens with zero attached hydrogens (tertiary/aromatic N) is 4. The predicted octanol–water partition coefficient (Wildman–Crippen LogP) is 1.18. The zero-order chi connectivity index (χ0) is 11.0. The zero-order valence-electron chi connectivity index (χ0n) is 7.59. The van der Waals surface area contributed by atoms with E-state index in [0.29, 0.717) is 6.42 Å². The fourth-order valence-electron chi connectivity index (χ4n) is 2.85. The normalized spacial score (nSPS) is 47.5. The van der Waals surface area contributed by atoms with Crippen LogP contribution in [0.3, 0.4) is 0 Å². The molecule has 15 heavy (non-hydrogen) atoms. The van der Waals surface area contributed by atoms with E-state index in [0.717, 1.165) is 0 Å². The van der Waals surface area contributed by atoms with Crippen molar-refractivity contribution >= 4 is 0 Å². The maximum Gasteiger partial charge on any atom is 0.123 e. The number of rotatable bonds is 4. The lowest BCUT2D eigenvalue weighted by Crippen LogP contribution is -2.44. The van der Waals surface area contributed by atoms with E-state index in [4.69, 9.17) is 0 Å². The number of hydrogen-bond acceptors (Lipinski definition) is 8. The third-order valence-electron chi connectivity index (χ3n) is 3.49. The van der Waals surface area contributed by atoms with Crippen LogP contribution in [0.4, 0.5) is 0 Å². The Morgan fingerprint density at radius 1 is 0.600 bits per heavy atom. The molecule has 0 amide bonds. The van der Waals surface area contributed by atoms with Gasteiger partial charge in [-0.2, -0.15) is 19.6 Å². The predicted molar refractivity (Wildman–Crippen MR) is 49.9 cm³/mol. The molecule has 0 heterocycles. The molecule has 8 nitrogen and oxygen atoms in total. The molecule has 0 spiro atoms. The van der Waals surface area contributed by atoms with Crippen LogP contribution >= 0.6 is 0 Å². The zero-order valence-corrected chi connectivity index (χ0v) is 7.59. The quantitative estimate of drug-likeness (QED) is 0.649. The minimum atomic E-state index is -0.826. The van der Waals surface area contributed by atoms with Crippen LogP contribution in [0.1, 0.15) is 6.42 Å². The topological polar surface area (TPSA) is 118 Å². The largest absolute Gasteiger partial charge is 0.150 e. The molecule has 2 aliphatic rings. The molecule has 0 aliphatic heterocycles. The highest BCUT2D eigenvalue weighted by Gasteiger charge is 2.62. The average Bonchev–Trinajstić information content (AvgIpc) is 2.80. The summed E-state index contributed by atoms with van der Waals surface area (Å²) in [7, 11) is 0. The van der Waals surface area contributed by atoms with Crippen LogP contribution < -0.4 is 0 Å². The smallest absolute Gasteiger partial charge is 0.123 e. The molecule has 0 radical (unpaired) electrons. The fourth-order valence-corrected chi connectivity index (χ4v) is 2.85. The first-order valence-electron chi connectivity index (χ1n) is 4.58. The third-order valence-corrected chi connectivity index (χ3v) is 3.49. The van der Waals surface area contributed by atoms with Crippen molar-refractivity contribution in [3.8, 4) is 0 Å². The Morgan fingerprint density at radius 3 is 1.07 bits per heavy atom. The Balaban J connectivity index is 2.32. The van der Waals surface area contributed by atoms with Crippen molar-refractivity contribution in [1.29, 1.82) is 0 Å². The van der Waals surface area contributed by atoms with Crippen molar-refractivity contribution in [3.05, 3.63) is 19.6 Å². The Hall–Kier alpha value is -1.60. The molecule has 0 saturated heterocycles. The molecular weight excluding hydrogens is 204 g/mol. The Morgan fingerprint density at radius 2 is 0.867 bits per heavy atom. The molecule has 0 N–H and O–H groups in total. The van der Waals surface area contributed by atoms with Gasteiger partial charge in [0.1, 0.15) is 24.2 Å². The van der Waals surface area contributed by atoms with Gasteiger partial charge in [0.05, 0.1) is 0 Å². The Bertz CT molecular complexity index is 264. The van der Waals surface area contributed by atoms with Gasteiger partial charge in [-0.05, 0) is 6.42 Å². The van der Waals surface area contributed by atoms with E-state index < -0.39 is 36.0 Å². The van der Waals surface area contributed by atoms with E-state index >= 15 is 0 Å². The van der Waals surface area contributed by atoms with Crippen molar-refractivity contribution in [3.63, 3.8) is 0 Å². The summed E-state index contributed by atoms with van der Waals surface area (Å²) in [5.74, 6) is -0.897. The highest BCUT2D eigenvalue weighted by Crippen LogP contribution is 2.50. The molecule has 80 valence electrons. The minimum Gasteiger partial charge on any atom is -0.150 e. The van der Waals surface area contributed by atoms with Gasteiger partial charge in [0.2, 0.25) is 0 Å². The van der Waals surface area contributed by atoms with E-state index in [9.17, 15) is 19.6 Å². The second-order valence-electron chi connectivity index (χ2n) is 3.95. The third kappa shape index (κ3) is 1.13. The van der Waals surface area contributed by atoms with Crippen LogP contribution in [0.15, 0.2) is 20.7 Å². The molecule has 2 saturated carbocycles. The van der Waals surface area contributed by atoms with Crippen molar-refractivity contribution in [2.45, 2.75) is 30.6 Å². The minimum absolute atomic E-state index is 0.402. The van der Waals surface area contributed by atoms with E-state index in [1.165, 1.54) is 0 Å². The molecule has 0 aromatic rings. The Labute approximate surface area is 83.7 Å². The van der Waals surface area contributed by atoms with Gasteiger partial charge in [-0.15, -0.1) is 0 Å². The first kappa shape index (κ1) is 9.94. The molecular formula is C7H8N4O4. The van der Waals surface area contributed by atoms with Gasteiger partial charge in [-0.25, -0.2) is 0 Å². The van der Waals surface area contributed by atoms with Crippen LogP contribution in [0.25, 0.3) is 0 Å². The van der Waals surface area contributed by atoms with Crippen LogP contribution in [0.2, 0.25) is 0 Å². The van der Waals surface area contributed by atoms with E-state index in [1.807, 2.05) is 0 Å². The lowest BCUT2D eigenvalue weighted by molar-refractivity contribution is 0.292. The first-order valence-corrected chi connectivity index (χ1v) is 4.58. The first-order chi connectivity index (χ1) is 7.28. The second kappa shape index (κ2) is 3.52. The summed E-state index contributed by atoms with van der Waals surface area (Å²) in [6.07, 6.45) is 0.402. The van der Waals surface area contributed by atoms with E-state index in [1.54, 1.807) is 0 Å². The molecule has 2 aliphatic carbocycles. The highest BCUT2D eigenvalue weighted by molar-refractivity contribution is 5.16. The average molecular weight is 212 g/mol. The van der Waals surface area contributed by atoms with Gasteiger partial charge in [-0.1, -0.05) is 20.7 Å². The monoisotopic (exact) mass is 212 g/mol. The van der Waals surface area contributed by atoms with Gasteiger partial charge >= 0.3 is 0 Å². The van der Waals surface area contributed by atoms with Gasteiger partial charge in [0.25, 0.3) is 0 Å². The SMILES string of the molecule is O=N[C@@H]1C2CC([C@@H](N=O)[C@H]2N=O)[C@@H]1N=O. The molecule has 2 unspecified atom stereocenters. The van der Waals surface area contributed by atoms with Crippen molar-refractivity contribution in [2.24, 2.45) is 32.5 Å². The van der Waals surface area contributed by atoms with Crippen LogP contribution in [-0.2, 0) is 0 Å². The summed E-state index contributed by atoms with van der Waals surface area (Å²) >= 11 is 0. The van der Waals surface area contributed by atoms with Crippen LogP contribution in [0.5, 0.6) is 0 Å². The molecule has 2 bridgehead atoms. The summed E-state index contributed by atoms with van der Waals surface area (Å²) in [5.41, 5.74) is 0. The second-order valence-corrected chi connectivity index (χ2v) is 3.95. The molecule has 0 aromatic carbocycles. The van der Waals surface area contributed by atoms with Gasteiger partial charge in [-0.3, -0.25) is 0 Å². The van der Waals surface area contributed by atoms with Gasteiger partial charge in [0, 0.05) is 11.8 Å². The number of nitroso groups, excluding NO2 is 4. The molecule has 6 atom stereocenters. The fraction of sp³-hybridized carbons (Fsp3) is 1.00. The summed E-state index contributed by atoms with van der Waals surface area (Å²) < 4.78 is 0. The number of fused-ring (bicyclic) bond motifs is 2. The molecule has 8 heteroatoms. The summed E-state index contributed by atoms with van der Waals surface area (Å²) in [4.78, 5) is 42.1. The maximum atomic E-state index is 10.5.